The maximum absolute atomic E-state index is 12.2. The molecule has 0 spiro atoms. The number of carbonyl (C=O) groups is 1. The second-order valence-corrected chi connectivity index (χ2v) is 18.4. The summed E-state index contributed by atoms with van der Waals surface area (Å²) in [5.41, 5.74) is 0.782. The van der Waals surface area contributed by atoms with Crippen LogP contribution in [-0.4, -0.2) is 42.5 Å². The van der Waals surface area contributed by atoms with Crippen molar-refractivity contribution in [2.45, 2.75) is 5.32 Å². The number of benzene rings is 2. The molecule has 20 heavy (non-hydrogen) atoms. The second kappa shape index (κ2) is 7.52. The van der Waals surface area contributed by atoms with Crippen LogP contribution < -0.4 is 5.30 Å². The Balaban J connectivity index is 2.09. The first-order chi connectivity index (χ1) is 9.65. The molecule has 2 aromatic carbocycles. The number of hydrogen-bond donors (Lipinski definition) is 0. The summed E-state index contributed by atoms with van der Waals surface area (Å²) in [5.74, 6) is 0.193. The summed E-state index contributed by atoms with van der Waals surface area (Å²) in [6.07, 6.45) is 0. The van der Waals surface area contributed by atoms with Crippen LogP contribution in [0, 0.1) is 0 Å². The Labute approximate surface area is 133 Å². The van der Waals surface area contributed by atoms with E-state index in [2.05, 4.69) is 27.2 Å². The summed E-state index contributed by atoms with van der Waals surface area (Å²) >= 11 is 3.32. The normalized spacial score (nSPS) is 13.7. The van der Waals surface area contributed by atoms with Crippen molar-refractivity contribution in [1.29, 1.82) is 0 Å². The van der Waals surface area contributed by atoms with E-state index in [1.54, 1.807) is 7.11 Å². The molecule has 2 aromatic rings. The molecule has 0 saturated carbocycles. The van der Waals surface area contributed by atoms with Crippen molar-refractivity contribution >= 4 is 45.1 Å². The average molecular weight is 416 g/mol. The van der Waals surface area contributed by atoms with E-state index >= 15 is 0 Å². The number of carbonyl (C=O) groups excluding carboxylic acids is 1. The fourth-order valence-electron chi connectivity index (χ4n) is 1.69. The van der Waals surface area contributed by atoms with E-state index in [1.165, 1.54) is 5.30 Å². The van der Waals surface area contributed by atoms with Gasteiger partial charge in [-0.3, -0.25) is 0 Å². The van der Waals surface area contributed by atoms with E-state index in [0.29, 0.717) is 5.32 Å². The van der Waals surface area contributed by atoms with Gasteiger partial charge in [0, 0.05) is 0 Å². The van der Waals surface area contributed by atoms with Crippen LogP contribution in [0.4, 0.5) is 0 Å². The first kappa shape index (κ1) is 15.9. The van der Waals surface area contributed by atoms with Gasteiger partial charge in [0.1, 0.15) is 0 Å². The molecule has 0 amide bonds. The van der Waals surface area contributed by atoms with Crippen molar-refractivity contribution in [3.8, 4) is 0 Å². The molecule has 1 unspecified atom stereocenters. The van der Waals surface area contributed by atoms with E-state index in [1.807, 2.05) is 48.5 Å². The predicted octanol–water partition coefficient (Wildman–Crippen LogP) is 2.89. The fraction of sp³-hybridized carbons (Fsp3) is 0.133. The van der Waals surface area contributed by atoms with Crippen molar-refractivity contribution in [2.75, 3.05) is 7.11 Å². The van der Waals surface area contributed by atoms with Crippen LogP contribution >= 0.6 is 4.43 Å². The van der Waals surface area contributed by atoms with Gasteiger partial charge in [-0.2, -0.15) is 0 Å². The Kier molecular flexibility index (Phi) is 5.99. The van der Waals surface area contributed by atoms with Gasteiger partial charge in [-0.1, -0.05) is 0 Å². The molecule has 0 N–H and O–H groups in total. The third-order valence-corrected chi connectivity index (χ3v) is 16.1. The Morgan fingerprint density at radius 3 is 2.20 bits per heavy atom. The second-order valence-electron chi connectivity index (χ2n) is 4.08. The van der Waals surface area contributed by atoms with Gasteiger partial charge >= 0.3 is 133 Å². The van der Waals surface area contributed by atoms with Crippen molar-refractivity contribution in [3.05, 3.63) is 66.2 Å². The van der Waals surface area contributed by atoms with E-state index in [-0.39, 0.29) is 20.3 Å². The zero-order valence-electron chi connectivity index (χ0n) is 11.1. The Morgan fingerprint density at radius 2 is 1.65 bits per heavy atom. The van der Waals surface area contributed by atoms with Gasteiger partial charge in [-0.05, 0) is 0 Å². The van der Waals surface area contributed by atoms with Crippen LogP contribution in [0.2, 0.25) is 5.32 Å². The van der Waals surface area contributed by atoms with Gasteiger partial charge < -0.3 is 0 Å². The fourth-order valence-corrected chi connectivity index (χ4v) is 10.00. The van der Waals surface area contributed by atoms with Crippen LogP contribution in [0.1, 0.15) is 10.4 Å². The molecule has 1 atom stereocenters. The van der Waals surface area contributed by atoms with E-state index < -0.39 is 4.43 Å². The summed E-state index contributed by atoms with van der Waals surface area (Å²) < 4.78 is 3.98. The maximum atomic E-state index is 12.2. The molecule has 0 heterocycles. The minimum atomic E-state index is -1.76. The topological polar surface area (TPSA) is 26.3 Å². The summed E-state index contributed by atoms with van der Waals surface area (Å²) in [6.45, 7) is 0. The molecule has 0 radical (unpaired) electrons. The van der Waals surface area contributed by atoms with Crippen LogP contribution in [0.15, 0.2) is 60.7 Å². The molecule has 104 valence electrons. The first-order valence-electron chi connectivity index (χ1n) is 6.10. The van der Waals surface area contributed by atoms with Gasteiger partial charge in [0.25, 0.3) is 0 Å². The Bertz CT molecular complexity index is 614. The van der Waals surface area contributed by atoms with E-state index in [0.717, 1.165) is 5.56 Å². The zero-order valence-corrected chi connectivity index (χ0v) is 15.4. The van der Waals surface area contributed by atoms with Crippen LogP contribution in [-0.2, 0) is 4.52 Å². The first-order valence-corrected chi connectivity index (χ1v) is 13.4. The number of ketones is 1. The number of rotatable bonds is 6. The van der Waals surface area contributed by atoms with Gasteiger partial charge in [0.15, 0.2) is 0 Å². The van der Waals surface area contributed by atoms with Crippen molar-refractivity contribution in [2.24, 2.45) is 0 Å². The molecule has 0 aliphatic carbocycles. The van der Waals surface area contributed by atoms with Gasteiger partial charge in [0.05, 0.1) is 0 Å². The van der Waals surface area contributed by atoms with Crippen molar-refractivity contribution in [1.82, 2.24) is 0 Å². The molecule has 0 aromatic heterocycles. The van der Waals surface area contributed by atoms with Crippen LogP contribution in [0.25, 0.3) is 0 Å². The molecule has 0 fully saturated rings. The van der Waals surface area contributed by atoms with Crippen molar-refractivity contribution < 1.29 is 9.32 Å². The van der Waals surface area contributed by atoms with Gasteiger partial charge in [0.2, 0.25) is 0 Å². The van der Waals surface area contributed by atoms with Gasteiger partial charge in [-0.25, -0.2) is 0 Å². The quantitative estimate of drug-likeness (QED) is 0.412. The summed E-state index contributed by atoms with van der Waals surface area (Å²) in [6, 6.07) is 19.6. The van der Waals surface area contributed by atoms with Gasteiger partial charge in [-0.15, -0.1) is 0 Å². The third kappa shape index (κ3) is 4.02. The molecule has 0 saturated heterocycles. The molecule has 0 bridgehead atoms. The molecule has 5 heteroatoms. The predicted molar refractivity (Wildman–Crippen MR) is 87.1 cm³/mol. The molecule has 2 rings (SSSR count). The molecule has 2 nitrogen and oxygen atoms in total. The molecular formula is C15H15O2PSe2. The minimum absolute atomic E-state index is 0.0933. The zero-order chi connectivity index (χ0) is 14.4. The SMILES string of the molecule is COP(=[Se])([Se]CC(=O)c1ccccc1)c1ccccc1. The molecule has 0 aliphatic rings. The summed E-state index contributed by atoms with van der Waals surface area (Å²) in [4.78, 5) is 12.2. The van der Waals surface area contributed by atoms with Crippen LogP contribution in [0.3, 0.4) is 0 Å². The van der Waals surface area contributed by atoms with E-state index in [9.17, 15) is 4.79 Å². The molecule has 0 aliphatic heterocycles. The van der Waals surface area contributed by atoms with E-state index in [4.69, 9.17) is 4.52 Å². The average Bonchev–Trinajstić information content (AvgIpc) is 2.54. The van der Waals surface area contributed by atoms with Crippen LogP contribution in [0.5, 0.6) is 0 Å². The standard InChI is InChI=1S/C15H15O2PSe2/c1-17-18(19,14-10-6-3-7-11-14)20-12-15(16)13-8-4-2-5-9-13/h2-11H,12H2,1H3. The molecular weight excluding hydrogens is 401 g/mol. The monoisotopic (exact) mass is 418 g/mol. The third-order valence-electron chi connectivity index (χ3n) is 2.77. The number of hydrogen-bond acceptors (Lipinski definition) is 2. The number of Topliss-reactive ketones (excluding diaryl/α,β-unsaturated/α-hetero) is 1. The van der Waals surface area contributed by atoms with Crippen molar-refractivity contribution in [3.63, 3.8) is 0 Å². The Morgan fingerprint density at radius 1 is 1.10 bits per heavy atom. The Hall–Kier alpha value is -0.461. The summed E-state index contributed by atoms with van der Waals surface area (Å²) in [7, 11) is 1.73. The summed E-state index contributed by atoms with van der Waals surface area (Å²) in [5, 5.41) is 1.74.